The van der Waals surface area contributed by atoms with Crippen molar-refractivity contribution in [2.45, 2.75) is 46.1 Å². The first-order valence-corrected chi connectivity index (χ1v) is 7.91. The van der Waals surface area contributed by atoms with Gasteiger partial charge in [-0.2, -0.15) is 0 Å². The minimum Gasteiger partial charge on any atom is -0.484 e. The first-order chi connectivity index (χ1) is 9.93. The van der Waals surface area contributed by atoms with Crippen molar-refractivity contribution in [3.05, 3.63) is 30.3 Å². The Balaban J connectivity index is 1.57. The molecule has 3 rings (SSSR count). The predicted molar refractivity (Wildman–Crippen MR) is 83.1 cm³/mol. The van der Waals surface area contributed by atoms with Gasteiger partial charge in [-0.3, -0.25) is 4.79 Å². The van der Waals surface area contributed by atoms with Gasteiger partial charge in [0.05, 0.1) is 0 Å². The summed E-state index contributed by atoms with van der Waals surface area (Å²) in [4.78, 5) is 12.2. The Morgan fingerprint density at radius 2 is 2.00 bits per heavy atom. The average molecular weight is 287 g/mol. The van der Waals surface area contributed by atoms with Crippen molar-refractivity contribution in [3.63, 3.8) is 0 Å². The van der Waals surface area contributed by atoms with Crippen LogP contribution in [0.25, 0.3) is 0 Å². The quantitative estimate of drug-likeness (QED) is 0.921. The zero-order chi connectivity index (χ0) is 15.1. The van der Waals surface area contributed by atoms with Crippen LogP contribution in [0.4, 0.5) is 0 Å². The molecule has 0 saturated heterocycles. The Hall–Kier alpha value is -1.51. The Morgan fingerprint density at radius 1 is 1.29 bits per heavy atom. The number of carbonyl (C=O) groups excluding carboxylic acids is 1. The minimum atomic E-state index is -0.00609. The second-order valence-corrected chi connectivity index (χ2v) is 7.33. The molecule has 1 aromatic rings. The van der Waals surface area contributed by atoms with Gasteiger partial charge in [0.2, 0.25) is 0 Å². The van der Waals surface area contributed by atoms with Gasteiger partial charge in [0, 0.05) is 6.04 Å². The van der Waals surface area contributed by atoms with E-state index in [4.69, 9.17) is 4.74 Å². The number of rotatable bonds is 4. The number of amides is 1. The fraction of sp³-hybridized carbons (Fsp3) is 0.611. The molecule has 1 amide bonds. The SMILES string of the molecule is CC1(C)[C@@H]2CC[C@]1(C)[C@H](NC(=O)COc1ccccc1)C2. The van der Waals surface area contributed by atoms with Gasteiger partial charge in [-0.1, -0.05) is 39.0 Å². The van der Waals surface area contributed by atoms with E-state index in [9.17, 15) is 4.79 Å². The highest BCUT2D eigenvalue weighted by molar-refractivity contribution is 5.78. The van der Waals surface area contributed by atoms with E-state index in [0.717, 1.165) is 18.1 Å². The molecule has 3 nitrogen and oxygen atoms in total. The lowest BCUT2D eigenvalue weighted by molar-refractivity contribution is -0.124. The molecule has 114 valence electrons. The third kappa shape index (κ3) is 2.33. The summed E-state index contributed by atoms with van der Waals surface area (Å²) in [7, 11) is 0. The van der Waals surface area contributed by atoms with Crippen molar-refractivity contribution in [2.24, 2.45) is 16.7 Å². The maximum absolute atomic E-state index is 12.2. The van der Waals surface area contributed by atoms with Crippen LogP contribution in [0.2, 0.25) is 0 Å². The fourth-order valence-corrected chi connectivity index (χ4v) is 4.32. The molecule has 21 heavy (non-hydrogen) atoms. The molecule has 2 aliphatic rings. The van der Waals surface area contributed by atoms with Crippen LogP contribution < -0.4 is 10.1 Å². The van der Waals surface area contributed by atoms with Gasteiger partial charge in [-0.25, -0.2) is 0 Å². The van der Waals surface area contributed by atoms with Crippen LogP contribution in [-0.4, -0.2) is 18.6 Å². The molecule has 1 aromatic carbocycles. The topological polar surface area (TPSA) is 38.3 Å². The number of benzene rings is 1. The van der Waals surface area contributed by atoms with Crippen LogP contribution in [-0.2, 0) is 4.79 Å². The number of nitrogens with one attached hydrogen (secondary N) is 1. The third-order valence-electron chi connectivity index (χ3n) is 6.24. The first kappa shape index (κ1) is 14.4. The Bertz CT molecular complexity index is 525. The molecule has 1 N–H and O–H groups in total. The van der Waals surface area contributed by atoms with E-state index in [-0.39, 0.29) is 24.0 Å². The van der Waals surface area contributed by atoms with Gasteiger partial charge in [-0.15, -0.1) is 0 Å². The molecule has 0 spiro atoms. The number of ether oxygens (including phenoxy) is 1. The highest BCUT2D eigenvalue weighted by Gasteiger charge is 2.61. The molecule has 2 fully saturated rings. The number of hydrogen-bond donors (Lipinski definition) is 1. The normalized spacial score (nSPS) is 32.9. The predicted octanol–water partition coefficient (Wildman–Crippen LogP) is 3.40. The molecule has 0 radical (unpaired) electrons. The summed E-state index contributed by atoms with van der Waals surface area (Å²) in [5, 5.41) is 3.21. The average Bonchev–Trinajstić information content (AvgIpc) is 2.79. The second kappa shape index (κ2) is 5.04. The largest absolute Gasteiger partial charge is 0.484 e. The van der Waals surface area contributed by atoms with Crippen molar-refractivity contribution in [3.8, 4) is 5.75 Å². The summed E-state index contributed by atoms with van der Waals surface area (Å²) >= 11 is 0. The third-order valence-corrected chi connectivity index (χ3v) is 6.24. The molecule has 0 aromatic heterocycles. The monoisotopic (exact) mass is 287 g/mol. The number of carbonyl (C=O) groups is 1. The van der Waals surface area contributed by atoms with Gasteiger partial charge in [0.15, 0.2) is 6.61 Å². The van der Waals surface area contributed by atoms with E-state index in [1.165, 1.54) is 12.8 Å². The smallest absolute Gasteiger partial charge is 0.258 e. The summed E-state index contributed by atoms with van der Waals surface area (Å²) in [6.45, 7) is 7.15. The number of para-hydroxylation sites is 1. The first-order valence-electron chi connectivity index (χ1n) is 7.91. The maximum atomic E-state index is 12.2. The lowest BCUT2D eigenvalue weighted by Crippen LogP contribution is -2.48. The van der Waals surface area contributed by atoms with E-state index >= 15 is 0 Å². The molecular weight excluding hydrogens is 262 g/mol. The fourth-order valence-electron chi connectivity index (χ4n) is 4.32. The van der Waals surface area contributed by atoms with Gasteiger partial charge in [-0.05, 0) is 48.1 Å². The van der Waals surface area contributed by atoms with E-state index in [1.54, 1.807) is 0 Å². The van der Waals surface area contributed by atoms with Crippen molar-refractivity contribution >= 4 is 5.91 Å². The van der Waals surface area contributed by atoms with Crippen LogP contribution in [0.3, 0.4) is 0 Å². The summed E-state index contributed by atoms with van der Waals surface area (Å²) < 4.78 is 5.53. The van der Waals surface area contributed by atoms with Crippen LogP contribution in [0.15, 0.2) is 30.3 Å². The second-order valence-electron chi connectivity index (χ2n) is 7.33. The lowest BCUT2D eigenvalue weighted by Gasteiger charge is -2.39. The highest BCUT2D eigenvalue weighted by Crippen LogP contribution is 2.65. The van der Waals surface area contributed by atoms with Crippen LogP contribution in [0.5, 0.6) is 5.75 Å². The van der Waals surface area contributed by atoms with E-state index < -0.39 is 0 Å². The van der Waals surface area contributed by atoms with Crippen molar-refractivity contribution in [1.82, 2.24) is 5.32 Å². The molecule has 0 unspecified atom stereocenters. The van der Waals surface area contributed by atoms with Crippen LogP contribution in [0.1, 0.15) is 40.0 Å². The van der Waals surface area contributed by atoms with Crippen molar-refractivity contribution < 1.29 is 9.53 Å². The number of fused-ring (bicyclic) bond motifs is 2. The Kier molecular flexibility index (Phi) is 3.46. The minimum absolute atomic E-state index is 0.00609. The zero-order valence-electron chi connectivity index (χ0n) is 13.2. The summed E-state index contributed by atoms with van der Waals surface area (Å²) in [5.41, 5.74) is 0.547. The van der Waals surface area contributed by atoms with E-state index in [2.05, 4.69) is 26.1 Å². The molecule has 3 heteroatoms. The Morgan fingerprint density at radius 3 is 2.57 bits per heavy atom. The molecular formula is C18H25NO2. The maximum Gasteiger partial charge on any atom is 0.258 e. The number of hydrogen-bond acceptors (Lipinski definition) is 2. The summed E-state index contributed by atoms with van der Waals surface area (Å²) in [5.74, 6) is 1.48. The molecule has 3 atom stereocenters. The highest BCUT2D eigenvalue weighted by atomic mass is 16.5. The van der Waals surface area contributed by atoms with Gasteiger partial charge >= 0.3 is 0 Å². The molecule has 0 heterocycles. The summed E-state index contributed by atoms with van der Waals surface area (Å²) in [6, 6.07) is 9.79. The lowest BCUT2D eigenvalue weighted by atomic mass is 9.69. The van der Waals surface area contributed by atoms with E-state index in [0.29, 0.717) is 5.41 Å². The summed E-state index contributed by atoms with van der Waals surface area (Å²) in [6.07, 6.45) is 3.63. The van der Waals surface area contributed by atoms with Crippen molar-refractivity contribution in [2.75, 3.05) is 6.61 Å². The molecule has 0 aliphatic heterocycles. The molecule has 2 saturated carbocycles. The van der Waals surface area contributed by atoms with Crippen LogP contribution in [0, 0.1) is 16.7 Å². The van der Waals surface area contributed by atoms with Gasteiger partial charge < -0.3 is 10.1 Å². The van der Waals surface area contributed by atoms with Crippen LogP contribution >= 0.6 is 0 Å². The van der Waals surface area contributed by atoms with Gasteiger partial charge in [0.25, 0.3) is 5.91 Å². The zero-order valence-corrected chi connectivity index (χ0v) is 13.2. The van der Waals surface area contributed by atoms with Gasteiger partial charge in [0.1, 0.15) is 5.75 Å². The molecule has 2 aliphatic carbocycles. The van der Waals surface area contributed by atoms with Crippen molar-refractivity contribution in [1.29, 1.82) is 0 Å². The Labute approximate surface area is 127 Å². The standard InChI is InChI=1S/C18H25NO2/c1-17(2)13-9-10-18(17,3)15(11-13)19-16(20)12-21-14-7-5-4-6-8-14/h4-8,13,15H,9-12H2,1-3H3,(H,19,20)/t13-,15-,18-/m1/s1. The molecule has 2 bridgehead atoms. The van der Waals surface area contributed by atoms with E-state index in [1.807, 2.05) is 30.3 Å².